The maximum atomic E-state index is 11.9. The van der Waals surface area contributed by atoms with E-state index in [4.69, 9.17) is 0 Å². The minimum Gasteiger partial charge on any atom is -0.310 e. The van der Waals surface area contributed by atoms with Gasteiger partial charge in [-0.1, -0.05) is 19.1 Å². The van der Waals surface area contributed by atoms with E-state index < -0.39 is 10.0 Å². The average Bonchev–Trinajstić information content (AvgIpc) is 2.34. The summed E-state index contributed by atoms with van der Waals surface area (Å²) in [5, 5.41) is 4.78. The summed E-state index contributed by atoms with van der Waals surface area (Å²) in [6.45, 7) is 5.13. The van der Waals surface area contributed by atoms with Crippen molar-refractivity contribution in [3.05, 3.63) is 29.8 Å². The van der Waals surface area contributed by atoms with Crippen molar-refractivity contribution in [1.29, 1.82) is 0 Å². The molecule has 2 N–H and O–H groups in total. The van der Waals surface area contributed by atoms with Gasteiger partial charge in [-0.05, 0) is 37.6 Å². The molecule has 19 heavy (non-hydrogen) atoms. The SMILES string of the molecule is CCCNC(C)c1ccc(S(=O)(=O)NN(C)C)cc1. The number of hydrogen-bond donors (Lipinski definition) is 2. The van der Waals surface area contributed by atoms with Crippen molar-refractivity contribution in [1.82, 2.24) is 15.2 Å². The van der Waals surface area contributed by atoms with Gasteiger partial charge in [0.1, 0.15) is 0 Å². The maximum absolute atomic E-state index is 11.9. The van der Waals surface area contributed by atoms with Crippen molar-refractivity contribution in [3.63, 3.8) is 0 Å². The first-order chi connectivity index (χ1) is 8.86. The topological polar surface area (TPSA) is 61.4 Å². The highest BCUT2D eigenvalue weighted by molar-refractivity contribution is 7.89. The molecule has 0 aliphatic heterocycles. The van der Waals surface area contributed by atoms with Crippen molar-refractivity contribution in [2.75, 3.05) is 20.6 Å². The van der Waals surface area contributed by atoms with Crippen LogP contribution in [0.15, 0.2) is 29.2 Å². The van der Waals surface area contributed by atoms with Gasteiger partial charge >= 0.3 is 0 Å². The van der Waals surface area contributed by atoms with Gasteiger partial charge in [-0.15, -0.1) is 4.83 Å². The summed E-state index contributed by atoms with van der Waals surface area (Å²) in [6.07, 6.45) is 1.07. The van der Waals surface area contributed by atoms with E-state index in [2.05, 4.69) is 24.0 Å². The highest BCUT2D eigenvalue weighted by Gasteiger charge is 2.15. The van der Waals surface area contributed by atoms with Crippen molar-refractivity contribution in [2.45, 2.75) is 31.2 Å². The van der Waals surface area contributed by atoms with Gasteiger partial charge in [0.2, 0.25) is 0 Å². The zero-order valence-electron chi connectivity index (χ0n) is 12.0. The summed E-state index contributed by atoms with van der Waals surface area (Å²) in [5.74, 6) is 0. The first kappa shape index (κ1) is 16.1. The molecule has 0 saturated carbocycles. The molecule has 6 heteroatoms. The number of hydrogen-bond acceptors (Lipinski definition) is 4. The van der Waals surface area contributed by atoms with E-state index in [0.29, 0.717) is 0 Å². The van der Waals surface area contributed by atoms with Crippen LogP contribution in [0.25, 0.3) is 0 Å². The van der Waals surface area contributed by atoms with Crippen LogP contribution in [0.4, 0.5) is 0 Å². The first-order valence-corrected chi connectivity index (χ1v) is 7.88. The summed E-state index contributed by atoms with van der Waals surface area (Å²) in [7, 11) is -0.180. The van der Waals surface area contributed by atoms with Gasteiger partial charge in [0.15, 0.2) is 0 Å². The molecule has 0 amide bonds. The molecule has 108 valence electrons. The summed E-state index contributed by atoms with van der Waals surface area (Å²) in [4.78, 5) is 2.68. The minimum atomic E-state index is -3.46. The second kappa shape index (κ2) is 7.00. The Morgan fingerprint density at radius 2 is 1.79 bits per heavy atom. The molecular formula is C13H23N3O2S. The number of benzene rings is 1. The van der Waals surface area contributed by atoms with E-state index in [-0.39, 0.29) is 10.9 Å². The van der Waals surface area contributed by atoms with Crippen molar-refractivity contribution in [2.24, 2.45) is 0 Å². The molecule has 5 nitrogen and oxygen atoms in total. The second-order valence-electron chi connectivity index (χ2n) is 4.73. The predicted octanol–water partition coefficient (Wildman–Crippen LogP) is 1.50. The molecule has 0 saturated heterocycles. The Kier molecular flexibility index (Phi) is 5.93. The van der Waals surface area contributed by atoms with Crippen LogP contribution in [0.1, 0.15) is 31.9 Å². The second-order valence-corrected chi connectivity index (χ2v) is 6.39. The van der Waals surface area contributed by atoms with Gasteiger partial charge in [0, 0.05) is 20.1 Å². The van der Waals surface area contributed by atoms with Crippen LogP contribution in [0.5, 0.6) is 0 Å². The van der Waals surface area contributed by atoms with E-state index in [9.17, 15) is 8.42 Å². The van der Waals surface area contributed by atoms with Crippen LogP contribution < -0.4 is 10.1 Å². The molecule has 0 fully saturated rings. The summed E-state index contributed by atoms with van der Waals surface area (Å²) in [5.41, 5.74) is 1.08. The highest BCUT2D eigenvalue weighted by atomic mass is 32.2. The third kappa shape index (κ3) is 4.91. The molecule has 0 bridgehead atoms. The molecule has 1 aromatic rings. The Morgan fingerprint density at radius 1 is 1.21 bits per heavy atom. The van der Waals surface area contributed by atoms with Crippen LogP contribution in [-0.4, -0.2) is 34.1 Å². The van der Waals surface area contributed by atoms with E-state index in [0.717, 1.165) is 18.5 Å². The zero-order valence-corrected chi connectivity index (χ0v) is 12.8. The first-order valence-electron chi connectivity index (χ1n) is 6.40. The van der Waals surface area contributed by atoms with Crippen LogP contribution in [0.3, 0.4) is 0 Å². The molecule has 1 rings (SSSR count). The van der Waals surface area contributed by atoms with E-state index in [1.54, 1.807) is 26.2 Å². The Labute approximate surface area is 116 Å². The van der Waals surface area contributed by atoms with Crippen LogP contribution in [0, 0.1) is 0 Å². The molecule has 0 aromatic heterocycles. The Balaban J connectivity index is 2.81. The third-order valence-electron chi connectivity index (χ3n) is 2.69. The quantitative estimate of drug-likeness (QED) is 0.745. The van der Waals surface area contributed by atoms with Gasteiger partial charge in [0.05, 0.1) is 4.90 Å². The third-order valence-corrected chi connectivity index (χ3v) is 4.19. The molecule has 0 spiro atoms. The van der Waals surface area contributed by atoms with Gasteiger partial charge in [-0.2, -0.15) is 0 Å². The fraction of sp³-hybridized carbons (Fsp3) is 0.538. The summed E-state index contributed by atoms with van der Waals surface area (Å²) < 4.78 is 23.9. The van der Waals surface area contributed by atoms with Crippen molar-refractivity contribution in [3.8, 4) is 0 Å². The van der Waals surface area contributed by atoms with E-state index >= 15 is 0 Å². The Hall–Kier alpha value is -0.950. The average molecular weight is 285 g/mol. The number of hydrazine groups is 1. The largest absolute Gasteiger partial charge is 0.310 e. The van der Waals surface area contributed by atoms with Gasteiger partial charge in [-0.3, -0.25) is 0 Å². The van der Waals surface area contributed by atoms with Gasteiger partial charge < -0.3 is 5.32 Å². The molecular weight excluding hydrogens is 262 g/mol. The van der Waals surface area contributed by atoms with E-state index in [1.807, 2.05) is 12.1 Å². The zero-order chi connectivity index (χ0) is 14.5. The fourth-order valence-electron chi connectivity index (χ4n) is 1.71. The predicted molar refractivity (Wildman–Crippen MR) is 77.2 cm³/mol. The highest BCUT2D eigenvalue weighted by Crippen LogP contribution is 2.16. The summed E-state index contributed by atoms with van der Waals surface area (Å²) >= 11 is 0. The van der Waals surface area contributed by atoms with Crippen molar-refractivity contribution < 1.29 is 8.42 Å². The van der Waals surface area contributed by atoms with Crippen LogP contribution in [-0.2, 0) is 10.0 Å². The number of nitrogens with zero attached hydrogens (tertiary/aromatic N) is 1. The molecule has 0 heterocycles. The summed E-state index contributed by atoms with van der Waals surface area (Å²) in [6, 6.07) is 7.17. The molecule has 1 unspecified atom stereocenters. The number of nitrogens with one attached hydrogen (secondary N) is 2. The van der Waals surface area contributed by atoms with E-state index in [1.165, 1.54) is 5.01 Å². The lowest BCUT2D eigenvalue weighted by atomic mass is 10.1. The van der Waals surface area contributed by atoms with Gasteiger partial charge in [-0.25, -0.2) is 13.4 Å². The normalized spacial score (nSPS) is 13.7. The molecule has 1 aromatic carbocycles. The lowest BCUT2D eigenvalue weighted by Gasteiger charge is -2.15. The smallest absolute Gasteiger partial charge is 0.253 e. The van der Waals surface area contributed by atoms with Gasteiger partial charge in [0.25, 0.3) is 10.0 Å². The Bertz CT molecular complexity index is 483. The standard InChI is InChI=1S/C13H23N3O2S/c1-5-10-14-11(2)12-6-8-13(9-7-12)19(17,18)15-16(3)4/h6-9,11,14-15H,5,10H2,1-4H3. The monoisotopic (exact) mass is 285 g/mol. The number of rotatable bonds is 7. The fourth-order valence-corrected chi connectivity index (χ4v) is 2.79. The minimum absolute atomic E-state index is 0.221. The Morgan fingerprint density at radius 3 is 2.26 bits per heavy atom. The lowest BCUT2D eigenvalue weighted by Crippen LogP contribution is -2.36. The maximum Gasteiger partial charge on any atom is 0.253 e. The number of sulfonamides is 1. The van der Waals surface area contributed by atoms with Crippen LogP contribution in [0.2, 0.25) is 0 Å². The lowest BCUT2D eigenvalue weighted by molar-refractivity contribution is 0.364. The molecule has 0 radical (unpaired) electrons. The molecule has 0 aliphatic rings. The van der Waals surface area contributed by atoms with Crippen molar-refractivity contribution >= 4 is 10.0 Å². The molecule has 0 aliphatic carbocycles. The van der Waals surface area contributed by atoms with Crippen LogP contribution >= 0.6 is 0 Å². The molecule has 1 atom stereocenters.